The van der Waals surface area contributed by atoms with E-state index in [2.05, 4.69) is 26.0 Å². The molecule has 5 heteroatoms. The lowest BCUT2D eigenvalue weighted by Gasteiger charge is -2.42. The van der Waals surface area contributed by atoms with E-state index in [1.165, 1.54) is 165 Å². The van der Waals surface area contributed by atoms with Gasteiger partial charge in [0.25, 0.3) is 0 Å². The second kappa shape index (κ2) is 25.8. The van der Waals surface area contributed by atoms with Gasteiger partial charge < -0.3 is 33.9 Å². The molecular formula is C34H61O2PS2-2. The van der Waals surface area contributed by atoms with Gasteiger partial charge in [0, 0.05) is 0 Å². The molecule has 0 unspecified atom stereocenters. The lowest BCUT2D eigenvalue weighted by molar-refractivity contribution is -0.169. The zero-order valence-corrected chi connectivity index (χ0v) is 28.2. The Morgan fingerprint density at radius 3 is 1.21 bits per heavy atom. The van der Waals surface area contributed by atoms with Crippen LogP contribution in [-0.2, 0) is 37.3 Å². The van der Waals surface area contributed by atoms with Gasteiger partial charge in [0.1, 0.15) is 0 Å². The Bertz CT molecular complexity index is 678. The largest absolute Gasteiger partial charge is 0.682 e. The molecule has 0 spiro atoms. The van der Waals surface area contributed by atoms with Crippen molar-refractivity contribution in [3.8, 4) is 5.75 Å². The summed E-state index contributed by atoms with van der Waals surface area (Å²) in [5.41, 5.74) is 2.75. The monoisotopic (exact) mass is 596 g/mol. The van der Waals surface area contributed by atoms with Crippen LogP contribution in [0.3, 0.4) is 0 Å². The molecule has 0 saturated carbocycles. The highest BCUT2D eigenvalue weighted by molar-refractivity contribution is 8.69. The van der Waals surface area contributed by atoms with Crippen molar-refractivity contribution in [3.05, 3.63) is 29.3 Å². The van der Waals surface area contributed by atoms with Gasteiger partial charge in [-0.3, -0.25) is 0 Å². The Morgan fingerprint density at radius 1 is 0.513 bits per heavy atom. The summed E-state index contributed by atoms with van der Waals surface area (Å²) in [6, 6.07) is 6.12. The maximum atomic E-state index is 11.9. The van der Waals surface area contributed by atoms with Crippen LogP contribution in [0.15, 0.2) is 18.2 Å². The zero-order chi connectivity index (χ0) is 28.4. The molecule has 0 bridgehead atoms. The minimum atomic E-state index is -3.36. The molecule has 0 atom stereocenters. The third-order valence-electron chi connectivity index (χ3n) is 7.99. The second-order valence-electron chi connectivity index (χ2n) is 11.7. The third-order valence-corrected chi connectivity index (χ3v) is 8.88. The number of benzene rings is 1. The fourth-order valence-electron chi connectivity index (χ4n) is 5.58. The standard InChI is InChI=1S/C34H63O2PS2/c1-3-5-7-9-11-13-15-17-19-21-23-25-27-32-29-30-34(36-37(35,38)39)31-33(32)28-26-24-22-20-18-16-14-12-10-8-6-4-2/h29-31H,3-28H2,1-2H3,(H2,35,38,39)/p-2. The number of unbranched alkanes of at least 4 members (excludes halogenated alkanes) is 22. The van der Waals surface area contributed by atoms with Gasteiger partial charge in [-0.15, -0.1) is 6.12 Å². The Balaban J connectivity index is 2.27. The SMILES string of the molecule is CCCCCCCCCCCCCCc1ccc(O[P+]([O-])([S-])[S-])cc1CCCCCCCCCCCCCC. The van der Waals surface area contributed by atoms with Gasteiger partial charge in [0.15, 0.2) is 5.75 Å². The van der Waals surface area contributed by atoms with Crippen LogP contribution >= 0.6 is 6.12 Å². The first-order chi connectivity index (χ1) is 19.0. The molecule has 0 aliphatic carbocycles. The molecule has 2 nitrogen and oxygen atoms in total. The van der Waals surface area contributed by atoms with E-state index >= 15 is 0 Å². The molecular weight excluding hydrogens is 535 g/mol. The molecule has 228 valence electrons. The van der Waals surface area contributed by atoms with E-state index in [0.29, 0.717) is 5.75 Å². The summed E-state index contributed by atoms with van der Waals surface area (Å²) in [6.45, 7) is 4.57. The molecule has 0 aliphatic rings. The summed E-state index contributed by atoms with van der Waals surface area (Å²) in [6.07, 6.45) is 31.7. The molecule has 0 N–H and O–H groups in total. The van der Waals surface area contributed by atoms with Crippen molar-refractivity contribution >= 4 is 30.6 Å². The van der Waals surface area contributed by atoms with Crippen molar-refractivity contribution in [2.24, 2.45) is 0 Å². The number of rotatable bonds is 28. The van der Waals surface area contributed by atoms with E-state index in [4.69, 9.17) is 29.0 Å². The Morgan fingerprint density at radius 2 is 0.846 bits per heavy atom. The van der Waals surface area contributed by atoms with Crippen LogP contribution in [-0.4, -0.2) is 0 Å². The van der Waals surface area contributed by atoms with Crippen LogP contribution in [0.25, 0.3) is 0 Å². The van der Waals surface area contributed by atoms with Crippen LogP contribution in [0, 0.1) is 0 Å². The molecule has 0 radical (unpaired) electrons. The summed E-state index contributed by atoms with van der Waals surface area (Å²) in [5, 5.41) is 0. The quantitative estimate of drug-likeness (QED) is 0.0547. The lowest BCUT2D eigenvalue weighted by Crippen LogP contribution is -2.09. The topological polar surface area (TPSA) is 32.3 Å². The first-order valence-electron chi connectivity index (χ1n) is 16.8. The van der Waals surface area contributed by atoms with Gasteiger partial charge >= 0.3 is 0 Å². The van der Waals surface area contributed by atoms with Gasteiger partial charge in [-0.05, 0) is 48.9 Å². The molecule has 1 aromatic rings. The number of hydrogen-bond acceptors (Lipinski definition) is 4. The summed E-state index contributed by atoms with van der Waals surface area (Å²) in [7, 11) is 0. The summed E-state index contributed by atoms with van der Waals surface area (Å²) >= 11 is 9.69. The second-order valence-corrected chi connectivity index (χ2v) is 16.4. The van der Waals surface area contributed by atoms with Crippen LogP contribution in [0.1, 0.15) is 179 Å². The van der Waals surface area contributed by atoms with Crippen molar-refractivity contribution in [1.29, 1.82) is 0 Å². The van der Waals surface area contributed by atoms with Crippen molar-refractivity contribution in [3.63, 3.8) is 0 Å². The zero-order valence-electron chi connectivity index (χ0n) is 25.7. The molecule has 0 heterocycles. The van der Waals surface area contributed by atoms with E-state index < -0.39 is 6.12 Å². The highest BCUT2D eigenvalue weighted by atomic mass is 33.1. The molecule has 0 saturated heterocycles. The summed E-state index contributed by atoms with van der Waals surface area (Å²) < 4.78 is 5.41. The average Bonchev–Trinajstić information content (AvgIpc) is 2.90. The van der Waals surface area contributed by atoms with E-state index in [0.717, 1.165) is 12.8 Å². The highest BCUT2D eigenvalue weighted by Crippen LogP contribution is 2.46. The minimum Gasteiger partial charge on any atom is -0.682 e. The molecule has 1 rings (SSSR count). The lowest BCUT2D eigenvalue weighted by atomic mass is 9.96. The van der Waals surface area contributed by atoms with Crippen LogP contribution in [0.5, 0.6) is 5.75 Å². The van der Waals surface area contributed by atoms with E-state index in [1.54, 1.807) is 0 Å². The molecule has 0 aliphatic heterocycles. The van der Waals surface area contributed by atoms with E-state index in [9.17, 15) is 4.89 Å². The van der Waals surface area contributed by atoms with Gasteiger partial charge in [-0.2, -0.15) is 0 Å². The average molecular weight is 597 g/mol. The first-order valence-corrected chi connectivity index (χ1v) is 20.4. The Labute approximate surface area is 255 Å². The molecule has 1 aromatic carbocycles. The Hall–Kier alpha value is 0.110. The predicted molar refractivity (Wildman–Crippen MR) is 178 cm³/mol. The molecule has 39 heavy (non-hydrogen) atoms. The van der Waals surface area contributed by atoms with Gasteiger partial charge in [-0.1, -0.05) is 161 Å². The number of aryl methyl sites for hydroxylation is 2. The van der Waals surface area contributed by atoms with Gasteiger partial charge in [-0.25, -0.2) is 0 Å². The fourth-order valence-corrected chi connectivity index (χ4v) is 6.47. The first kappa shape index (κ1) is 37.1. The molecule has 0 amide bonds. The van der Waals surface area contributed by atoms with Crippen molar-refractivity contribution in [2.45, 2.75) is 181 Å². The maximum Gasteiger partial charge on any atom is 0.168 e. The summed E-state index contributed by atoms with van der Waals surface area (Å²) in [5.74, 6) is 0.579. The highest BCUT2D eigenvalue weighted by Gasteiger charge is 2.08. The van der Waals surface area contributed by atoms with Crippen molar-refractivity contribution in [1.82, 2.24) is 0 Å². The smallest absolute Gasteiger partial charge is 0.168 e. The van der Waals surface area contributed by atoms with E-state index in [1.807, 2.05) is 6.07 Å². The minimum absolute atomic E-state index is 0.579. The fraction of sp³-hybridized carbons (Fsp3) is 0.824. The van der Waals surface area contributed by atoms with E-state index in [-0.39, 0.29) is 0 Å². The summed E-state index contributed by atoms with van der Waals surface area (Å²) in [4.78, 5) is 11.9. The molecule has 0 fully saturated rings. The van der Waals surface area contributed by atoms with Crippen LogP contribution < -0.4 is 9.42 Å². The van der Waals surface area contributed by atoms with Crippen LogP contribution in [0.4, 0.5) is 0 Å². The van der Waals surface area contributed by atoms with Crippen molar-refractivity contribution < 1.29 is 9.42 Å². The third kappa shape index (κ3) is 23.4. The normalized spacial score (nSPS) is 11.8. The number of hydrogen-bond donors (Lipinski definition) is 0. The van der Waals surface area contributed by atoms with Crippen molar-refractivity contribution in [2.75, 3.05) is 0 Å². The van der Waals surface area contributed by atoms with Gasteiger partial charge in [0.05, 0.1) is 0 Å². The van der Waals surface area contributed by atoms with Crippen LogP contribution in [0.2, 0.25) is 0 Å². The Kier molecular flexibility index (Phi) is 24.6. The maximum absolute atomic E-state index is 11.9. The van der Waals surface area contributed by atoms with Gasteiger partial charge in [0.2, 0.25) is 0 Å². The predicted octanol–water partition coefficient (Wildman–Crippen LogP) is 11.7. The molecule has 0 aromatic heterocycles.